The standard InChI is InChI=1S/C15H22O3/c1-9-11-6-7-12(16)10(2)14(11)15(9)18-13-5-3-4-8-17-13/h6-7,9-11,13-15H,3-5,8H2,1-2H3/t9-,10-,11-,13?,14-,15+/m1/s1. The van der Waals surface area contributed by atoms with E-state index in [0.717, 1.165) is 19.4 Å². The van der Waals surface area contributed by atoms with Gasteiger partial charge in [0.1, 0.15) is 0 Å². The van der Waals surface area contributed by atoms with Gasteiger partial charge < -0.3 is 9.47 Å². The van der Waals surface area contributed by atoms with E-state index in [2.05, 4.69) is 13.0 Å². The van der Waals surface area contributed by atoms with Gasteiger partial charge in [-0.2, -0.15) is 0 Å². The molecular formula is C15H22O3. The molecule has 1 saturated heterocycles. The van der Waals surface area contributed by atoms with Gasteiger partial charge in [-0.25, -0.2) is 0 Å². The molecule has 1 saturated carbocycles. The molecule has 0 N–H and O–H groups in total. The van der Waals surface area contributed by atoms with Crippen LogP contribution in [-0.2, 0) is 14.3 Å². The second kappa shape index (κ2) is 4.78. The Labute approximate surface area is 109 Å². The Bertz CT molecular complexity index is 357. The van der Waals surface area contributed by atoms with Crippen LogP contribution in [0.15, 0.2) is 12.2 Å². The molecular weight excluding hydrogens is 228 g/mol. The van der Waals surface area contributed by atoms with Crippen molar-refractivity contribution >= 4 is 5.78 Å². The first-order valence-corrected chi connectivity index (χ1v) is 7.17. The number of carbonyl (C=O) groups is 1. The molecule has 3 rings (SSSR count). The molecule has 100 valence electrons. The van der Waals surface area contributed by atoms with Crippen molar-refractivity contribution in [2.24, 2.45) is 23.7 Å². The van der Waals surface area contributed by atoms with E-state index in [1.807, 2.05) is 6.92 Å². The Morgan fingerprint density at radius 3 is 2.89 bits per heavy atom. The number of hydrogen-bond acceptors (Lipinski definition) is 3. The summed E-state index contributed by atoms with van der Waals surface area (Å²) in [5.41, 5.74) is 0. The Hall–Kier alpha value is -0.670. The zero-order chi connectivity index (χ0) is 12.7. The van der Waals surface area contributed by atoms with Crippen LogP contribution in [-0.4, -0.2) is 24.8 Å². The lowest BCUT2D eigenvalue weighted by Gasteiger charge is -2.53. The summed E-state index contributed by atoms with van der Waals surface area (Å²) in [7, 11) is 0. The first kappa shape index (κ1) is 12.4. The van der Waals surface area contributed by atoms with Gasteiger partial charge in [0.15, 0.2) is 12.1 Å². The molecule has 2 fully saturated rings. The normalized spacial score (nSPS) is 47.6. The third-order valence-electron chi connectivity index (χ3n) is 4.90. The van der Waals surface area contributed by atoms with Gasteiger partial charge in [0.2, 0.25) is 0 Å². The third-order valence-corrected chi connectivity index (χ3v) is 4.90. The van der Waals surface area contributed by atoms with Gasteiger partial charge in [0.05, 0.1) is 6.10 Å². The molecule has 1 unspecified atom stereocenters. The topological polar surface area (TPSA) is 35.5 Å². The van der Waals surface area contributed by atoms with E-state index in [-0.39, 0.29) is 24.1 Å². The van der Waals surface area contributed by atoms with Crippen molar-refractivity contribution in [3.63, 3.8) is 0 Å². The molecule has 0 aromatic heterocycles. The molecule has 0 aromatic rings. The van der Waals surface area contributed by atoms with Crippen molar-refractivity contribution in [2.75, 3.05) is 6.61 Å². The van der Waals surface area contributed by atoms with Crippen LogP contribution in [0.25, 0.3) is 0 Å². The first-order chi connectivity index (χ1) is 8.68. The minimum Gasteiger partial charge on any atom is -0.353 e. The smallest absolute Gasteiger partial charge is 0.158 e. The number of rotatable bonds is 2. The van der Waals surface area contributed by atoms with Crippen molar-refractivity contribution in [3.05, 3.63) is 12.2 Å². The summed E-state index contributed by atoms with van der Waals surface area (Å²) < 4.78 is 11.8. The quantitative estimate of drug-likeness (QED) is 0.755. The molecule has 1 heterocycles. The molecule has 3 aliphatic rings. The van der Waals surface area contributed by atoms with E-state index in [1.54, 1.807) is 6.08 Å². The Kier molecular flexibility index (Phi) is 3.29. The lowest BCUT2D eigenvalue weighted by molar-refractivity contribution is -0.249. The molecule has 1 aliphatic heterocycles. The molecule has 0 aromatic carbocycles. The van der Waals surface area contributed by atoms with Gasteiger partial charge in [-0.05, 0) is 37.2 Å². The fraction of sp³-hybridized carbons (Fsp3) is 0.800. The SMILES string of the molecule is C[C@@H]1[C@H]2C=CC(=O)[C@@H](C)[C@H]2[C@H]1OC1CCCCO1. The van der Waals surface area contributed by atoms with E-state index in [4.69, 9.17) is 9.47 Å². The van der Waals surface area contributed by atoms with Crippen LogP contribution in [0.2, 0.25) is 0 Å². The Balaban J connectivity index is 1.66. The number of hydrogen-bond donors (Lipinski definition) is 0. The monoisotopic (exact) mass is 250 g/mol. The summed E-state index contributed by atoms with van der Waals surface area (Å²) in [4.78, 5) is 11.8. The maximum Gasteiger partial charge on any atom is 0.158 e. The largest absolute Gasteiger partial charge is 0.353 e. The van der Waals surface area contributed by atoms with E-state index in [1.165, 1.54) is 6.42 Å². The summed E-state index contributed by atoms with van der Waals surface area (Å²) in [5.74, 6) is 1.74. The summed E-state index contributed by atoms with van der Waals surface area (Å²) in [6, 6.07) is 0. The van der Waals surface area contributed by atoms with Crippen molar-refractivity contribution in [2.45, 2.75) is 45.5 Å². The summed E-state index contributed by atoms with van der Waals surface area (Å²) in [6.45, 7) is 5.07. The maximum absolute atomic E-state index is 11.8. The van der Waals surface area contributed by atoms with Crippen LogP contribution in [0, 0.1) is 23.7 Å². The van der Waals surface area contributed by atoms with Crippen LogP contribution in [0.3, 0.4) is 0 Å². The fourth-order valence-corrected chi connectivity index (χ4v) is 3.67. The Morgan fingerprint density at radius 2 is 2.17 bits per heavy atom. The van der Waals surface area contributed by atoms with Gasteiger partial charge in [0, 0.05) is 18.4 Å². The van der Waals surface area contributed by atoms with Crippen LogP contribution in [0.1, 0.15) is 33.1 Å². The molecule has 0 radical (unpaired) electrons. The summed E-state index contributed by atoms with van der Waals surface area (Å²) >= 11 is 0. The average molecular weight is 250 g/mol. The predicted octanol–water partition coefficient (Wildman–Crippen LogP) is 2.56. The van der Waals surface area contributed by atoms with Crippen LogP contribution < -0.4 is 0 Å². The molecule has 3 heteroatoms. The van der Waals surface area contributed by atoms with E-state index >= 15 is 0 Å². The molecule has 0 spiro atoms. The molecule has 18 heavy (non-hydrogen) atoms. The van der Waals surface area contributed by atoms with Gasteiger partial charge >= 0.3 is 0 Å². The van der Waals surface area contributed by atoms with Crippen molar-refractivity contribution in [1.82, 2.24) is 0 Å². The highest BCUT2D eigenvalue weighted by Crippen LogP contribution is 2.50. The van der Waals surface area contributed by atoms with Crippen LogP contribution in [0.4, 0.5) is 0 Å². The van der Waals surface area contributed by atoms with Crippen molar-refractivity contribution < 1.29 is 14.3 Å². The summed E-state index contributed by atoms with van der Waals surface area (Å²) in [6.07, 6.45) is 7.33. The van der Waals surface area contributed by atoms with Crippen molar-refractivity contribution in [3.8, 4) is 0 Å². The number of carbonyl (C=O) groups excluding carboxylic acids is 1. The fourth-order valence-electron chi connectivity index (χ4n) is 3.67. The lowest BCUT2D eigenvalue weighted by Crippen LogP contribution is -2.57. The third kappa shape index (κ3) is 1.94. The van der Waals surface area contributed by atoms with Crippen LogP contribution in [0.5, 0.6) is 0 Å². The second-order valence-corrected chi connectivity index (χ2v) is 5.96. The van der Waals surface area contributed by atoms with Gasteiger partial charge in [0.25, 0.3) is 0 Å². The lowest BCUT2D eigenvalue weighted by atomic mass is 9.56. The van der Waals surface area contributed by atoms with Crippen LogP contribution >= 0.6 is 0 Å². The van der Waals surface area contributed by atoms with E-state index in [0.29, 0.717) is 17.8 Å². The second-order valence-electron chi connectivity index (χ2n) is 5.96. The molecule has 0 amide bonds. The van der Waals surface area contributed by atoms with Gasteiger partial charge in [-0.3, -0.25) is 4.79 Å². The summed E-state index contributed by atoms with van der Waals surface area (Å²) in [5, 5.41) is 0. The van der Waals surface area contributed by atoms with E-state index in [9.17, 15) is 4.79 Å². The van der Waals surface area contributed by atoms with Gasteiger partial charge in [-0.1, -0.05) is 19.9 Å². The number of ketones is 1. The number of ether oxygens (including phenoxy) is 2. The van der Waals surface area contributed by atoms with Gasteiger partial charge in [-0.15, -0.1) is 0 Å². The molecule has 3 nitrogen and oxygen atoms in total. The predicted molar refractivity (Wildman–Crippen MR) is 67.9 cm³/mol. The number of fused-ring (bicyclic) bond motifs is 1. The zero-order valence-corrected chi connectivity index (χ0v) is 11.2. The molecule has 0 bridgehead atoms. The van der Waals surface area contributed by atoms with Crippen molar-refractivity contribution in [1.29, 1.82) is 0 Å². The maximum atomic E-state index is 11.8. The minimum atomic E-state index is -0.0413. The molecule has 2 aliphatic carbocycles. The average Bonchev–Trinajstić information content (AvgIpc) is 2.40. The zero-order valence-electron chi connectivity index (χ0n) is 11.2. The highest BCUT2D eigenvalue weighted by molar-refractivity contribution is 5.93. The first-order valence-electron chi connectivity index (χ1n) is 7.17. The highest BCUT2D eigenvalue weighted by atomic mass is 16.7. The number of allylic oxidation sites excluding steroid dienone is 2. The molecule has 6 atom stereocenters. The highest BCUT2D eigenvalue weighted by Gasteiger charge is 2.53. The van der Waals surface area contributed by atoms with E-state index < -0.39 is 0 Å². The minimum absolute atomic E-state index is 0.0413. The Morgan fingerprint density at radius 1 is 1.33 bits per heavy atom.